The van der Waals surface area contributed by atoms with Crippen molar-refractivity contribution in [3.63, 3.8) is 0 Å². The molecule has 8 aliphatic rings. The first-order chi connectivity index (χ1) is 63.2. The van der Waals surface area contributed by atoms with E-state index in [-0.39, 0.29) is 16.2 Å². The highest BCUT2D eigenvalue weighted by atomic mass is 31.2. The van der Waals surface area contributed by atoms with Gasteiger partial charge in [0.1, 0.15) is 7.14 Å². The van der Waals surface area contributed by atoms with E-state index in [2.05, 4.69) is 192 Å². The third-order valence-corrected chi connectivity index (χ3v) is 44.0. The normalized spacial score (nSPS) is 20.7. The van der Waals surface area contributed by atoms with E-state index in [1.54, 1.807) is 12.4 Å². The molecule has 0 bridgehead atoms. The Kier molecular flexibility index (Phi) is 19.9. The highest BCUT2D eigenvalue weighted by molar-refractivity contribution is 7.90. The van der Waals surface area contributed by atoms with Gasteiger partial charge in [-0.15, -0.1) is 0 Å². The van der Waals surface area contributed by atoms with Crippen molar-refractivity contribution in [3.05, 3.63) is 485 Å². The minimum atomic E-state index is -3.31. The molecule has 130 heavy (non-hydrogen) atoms. The van der Waals surface area contributed by atoms with Crippen LogP contribution in [0.25, 0.3) is 55.1 Å². The van der Waals surface area contributed by atoms with Crippen LogP contribution < -0.4 is 69.0 Å². The summed E-state index contributed by atoms with van der Waals surface area (Å²) >= 11 is 0. The maximum atomic E-state index is 15.5. The molecule has 14 heteroatoms. The lowest BCUT2D eigenvalue weighted by Crippen LogP contribution is -2.29. The van der Waals surface area contributed by atoms with Crippen LogP contribution in [0.4, 0.5) is 0 Å². The monoisotopic (exact) mass is 1770 g/mol. The summed E-state index contributed by atoms with van der Waals surface area (Å²) in [5, 5.41) is 23.0. The second-order valence-electron chi connectivity index (χ2n) is 36.0. The van der Waals surface area contributed by atoms with Crippen LogP contribution >= 0.6 is 35.7 Å². The summed E-state index contributed by atoms with van der Waals surface area (Å²) in [5.41, 5.74) is 23.0. The van der Waals surface area contributed by atoms with Crippen molar-refractivity contribution in [2.24, 2.45) is 0 Å². The molecule has 0 radical (unpaired) electrons. The van der Waals surface area contributed by atoms with E-state index < -0.39 is 35.7 Å². The third kappa shape index (κ3) is 12.0. The summed E-state index contributed by atoms with van der Waals surface area (Å²) in [7, 11) is -15.6. The molecule has 9 nitrogen and oxygen atoms in total. The Morgan fingerprint density at radius 2 is 0.608 bits per heavy atom. The first kappa shape index (κ1) is 82.5. The summed E-state index contributed by atoms with van der Waals surface area (Å²) in [5.74, 6) is 0. The molecule has 0 saturated heterocycles. The van der Waals surface area contributed by atoms with Crippen molar-refractivity contribution in [1.82, 2.24) is 20.2 Å². The van der Waals surface area contributed by atoms with Crippen LogP contribution in [-0.4, -0.2) is 26.3 Å². The van der Waals surface area contributed by atoms with Gasteiger partial charge in [-0.3, -0.25) is 9.97 Å². The molecule has 5 unspecified atom stereocenters. The van der Waals surface area contributed by atoms with Crippen LogP contribution in [0.2, 0.25) is 0 Å². The topological polar surface area (TPSA) is 137 Å². The van der Waals surface area contributed by atoms with Crippen molar-refractivity contribution in [2.45, 2.75) is 71.1 Å². The minimum Gasteiger partial charge on any atom is -0.314 e. The Hall–Kier alpha value is -13.2. The van der Waals surface area contributed by atoms with Crippen LogP contribution in [0, 0.1) is 0 Å². The summed E-state index contributed by atoms with van der Waals surface area (Å²) in [6.07, 6.45) is 6.96. The van der Waals surface area contributed by atoms with Crippen molar-refractivity contribution in [1.29, 1.82) is 0 Å². The number of hydrogen-bond donors (Lipinski definition) is 0. The molecule has 0 saturated carbocycles. The fourth-order valence-corrected chi connectivity index (χ4v) is 38.0. The molecule has 0 fully saturated rings. The summed E-state index contributed by atoms with van der Waals surface area (Å²) < 4.78 is 76.4. The van der Waals surface area contributed by atoms with Crippen molar-refractivity contribution in [2.75, 3.05) is 6.16 Å². The Morgan fingerprint density at radius 3 is 1.12 bits per heavy atom. The molecule has 3 aliphatic carbocycles. The molecule has 25 rings (SSSR count). The standard InChI is InChI=1S/C31H21NO2P2.C30H27OP.C28H22NOP.C27H21N2OP/c33-35(22-12-3-1-4-13-22)26-18-9-7-16-24(26)29-30-28(20-11-21-32-30)36(34,23-14-5-2-6-15-23)31(29)25-17-8-10-19-27(25)35;1-4-19-32(31)25-16-10-8-14-23(25)27-22-13-7-9-15-24(22)30(2,3)29(27)28-21-12-6-5-11-20(21)17-18-26(28)32;1-28(2)22-15-10-18-29-27(22)25-20-13-6-8-16-23(20)31(30,19-11-4-3-5-12-19)24-17-9-7-14-21(24)26(25)28;1-27(2)21-16-17-28-29-26(21)24-19-12-6-8-14-22(19)31(30,18-10-4-3-5-11-18)23-15-9-7-13-20(23)25(24)27/h1-21H;5-18H,4,19H2,1-3H3;3-18H,1-2H3;3-17H,1-2H3. The van der Waals surface area contributed by atoms with Crippen LogP contribution in [0.15, 0.2) is 401 Å². The number of benzene rings is 14. The molecule has 8 heterocycles. The number of rotatable bonds is 6. The van der Waals surface area contributed by atoms with E-state index in [0.717, 1.165) is 153 Å². The van der Waals surface area contributed by atoms with Gasteiger partial charge >= 0.3 is 0 Å². The summed E-state index contributed by atoms with van der Waals surface area (Å²) in [4.78, 5) is 9.60. The zero-order valence-electron chi connectivity index (χ0n) is 73.1. The van der Waals surface area contributed by atoms with Gasteiger partial charge in [0.05, 0.1) is 17.1 Å². The van der Waals surface area contributed by atoms with Gasteiger partial charge in [0.2, 0.25) is 0 Å². The highest BCUT2D eigenvalue weighted by Crippen LogP contribution is 2.69. The fraction of sp³-hybridized carbons (Fsp3) is 0.103. The first-order valence-electron chi connectivity index (χ1n) is 44.5. The minimum absolute atomic E-state index is 0.181. The largest absolute Gasteiger partial charge is 0.314 e. The molecule has 5 atom stereocenters. The summed E-state index contributed by atoms with van der Waals surface area (Å²) in [6.45, 7) is 15.8. The van der Waals surface area contributed by atoms with Crippen LogP contribution in [-0.2, 0) is 39.1 Å². The predicted octanol–water partition coefficient (Wildman–Crippen LogP) is 22.4. The van der Waals surface area contributed by atoms with Gasteiger partial charge in [0.15, 0.2) is 28.6 Å². The SMILES string of the molecule is CC1(C)C2=C(c3ccccc3P(=O)(c3ccccc3)c3ccccc32)c2ncccc21.CC1(C)C2=C(c3ccccc3P(=O)(c3ccccc3)c3ccccc32)c2nnccc21.CCCP1(=O)c2ccccc2C2=C(c3c1ccc1ccccc31)C(C)(C)c1ccccc12.O=P1(c2ccccc2)C2=C(c3ccccc3P(=O)(c3ccccc3)c3ccccc32)c2ncccc21. The van der Waals surface area contributed by atoms with Crippen molar-refractivity contribution in [3.8, 4) is 0 Å². The summed E-state index contributed by atoms with van der Waals surface area (Å²) in [6, 6.07) is 128. The number of allylic oxidation sites excluding steroid dienone is 3. The van der Waals surface area contributed by atoms with E-state index in [0.29, 0.717) is 11.9 Å². The number of fused-ring (bicyclic) bond motifs is 26. The smallest absolute Gasteiger partial charge is 0.174 e. The second kappa shape index (κ2) is 31.3. The first-order valence-corrected chi connectivity index (χ1v) is 53.2. The lowest BCUT2D eigenvalue weighted by atomic mass is 9.76. The van der Waals surface area contributed by atoms with Crippen molar-refractivity contribution < 1.29 is 22.8 Å². The lowest BCUT2D eigenvalue weighted by molar-refractivity contribution is 0.586. The average molecular weight is 1780 g/mol. The van der Waals surface area contributed by atoms with Gasteiger partial charge in [-0.1, -0.05) is 400 Å². The van der Waals surface area contributed by atoms with Gasteiger partial charge in [-0.25, -0.2) is 0 Å². The fourth-order valence-electron chi connectivity index (χ4n) is 22.4. The Bertz CT molecular complexity index is 7810. The van der Waals surface area contributed by atoms with Crippen molar-refractivity contribution >= 4 is 160 Å². The number of nitrogens with zero attached hydrogens (tertiary/aromatic N) is 4. The van der Waals surface area contributed by atoms with E-state index in [1.807, 2.05) is 255 Å². The van der Waals surface area contributed by atoms with E-state index in [4.69, 9.17) is 9.97 Å². The Balaban J connectivity index is 0.000000102. The predicted molar refractivity (Wildman–Crippen MR) is 543 cm³/mol. The molecule has 5 aliphatic heterocycles. The molecular weight excluding hydrogens is 1680 g/mol. The Morgan fingerprint density at radius 1 is 0.254 bits per heavy atom. The van der Waals surface area contributed by atoms with Gasteiger partial charge in [0, 0.05) is 132 Å². The van der Waals surface area contributed by atoms with Gasteiger partial charge < -0.3 is 22.8 Å². The zero-order valence-corrected chi connectivity index (χ0v) is 77.6. The second-order valence-corrected chi connectivity index (χ2v) is 49.7. The molecule has 3 aromatic heterocycles. The van der Waals surface area contributed by atoms with Crippen LogP contribution in [0.1, 0.15) is 139 Å². The lowest BCUT2D eigenvalue weighted by Gasteiger charge is -2.29. The quantitative estimate of drug-likeness (QED) is 0.149. The van der Waals surface area contributed by atoms with E-state index in [1.165, 1.54) is 55.3 Å². The number of pyridine rings is 2. The van der Waals surface area contributed by atoms with Crippen LogP contribution in [0.5, 0.6) is 0 Å². The molecule has 0 N–H and O–H groups in total. The zero-order chi connectivity index (χ0) is 88.9. The van der Waals surface area contributed by atoms with E-state index in [9.17, 15) is 0 Å². The molecule has 630 valence electrons. The maximum Gasteiger partial charge on any atom is 0.174 e. The molecule has 0 spiro atoms. The molecule has 0 amide bonds. The maximum absolute atomic E-state index is 15.5. The Labute approximate surface area is 759 Å². The highest BCUT2D eigenvalue weighted by Gasteiger charge is 2.54. The van der Waals surface area contributed by atoms with Gasteiger partial charge in [-0.2, -0.15) is 10.2 Å². The number of hydrogen-bond acceptors (Lipinski definition) is 9. The molecular formula is C116H91N4O5P5. The van der Waals surface area contributed by atoms with E-state index >= 15 is 22.8 Å². The molecule has 14 aromatic carbocycles. The average Bonchev–Trinajstić information content (AvgIpc) is 1.50. The third-order valence-electron chi connectivity index (χ3n) is 27.9. The van der Waals surface area contributed by atoms with Gasteiger partial charge in [0.25, 0.3) is 0 Å². The number of aromatic nitrogens is 4. The molecule has 17 aromatic rings. The van der Waals surface area contributed by atoms with Crippen LogP contribution in [0.3, 0.4) is 0 Å². The van der Waals surface area contributed by atoms with Gasteiger partial charge in [-0.05, 0) is 137 Å².